The summed E-state index contributed by atoms with van der Waals surface area (Å²) >= 11 is 0. The van der Waals surface area contributed by atoms with Crippen LogP contribution in [0.15, 0.2) is 0 Å². The first-order valence-electron chi connectivity index (χ1n) is 6.16. The topological polar surface area (TPSA) is 64.3 Å². The number of nitrogens with two attached hydrogens (primary N) is 1. The molecule has 0 aliphatic heterocycles. The van der Waals surface area contributed by atoms with Gasteiger partial charge in [0.15, 0.2) is 0 Å². The summed E-state index contributed by atoms with van der Waals surface area (Å²) in [4.78, 5) is 11.4. The quantitative estimate of drug-likeness (QED) is 0.587. The highest BCUT2D eigenvalue weighted by Gasteiger charge is 2.14. The molecule has 3 N–H and O–H groups in total. The predicted molar refractivity (Wildman–Crippen MR) is 66.2 cm³/mol. The van der Waals surface area contributed by atoms with Gasteiger partial charge in [-0.3, -0.25) is 4.79 Å². The molecule has 0 aromatic rings. The van der Waals surface area contributed by atoms with Crippen LogP contribution in [0, 0.1) is 5.92 Å². The summed E-state index contributed by atoms with van der Waals surface area (Å²) in [6.07, 6.45) is 3.42. The summed E-state index contributed by atoms with van der Waals surface area (Å²) in [7, 11) is 1.64. The van der Waals surface area contributed by atoms with Crippen LogP contribution < -0.4 is 11.1 Å². The van der Waals surface area contributed by atoms with Gasteiger partial charge in [0.25, 0.3) is 0 Å². The second-order valence-corrected chi connectivity index (χ2v) is 4.14. The molecule has 0 aliphatic rings. The first-order valence-corrected chi connectivity index (χ1v) is 6.16. The Morgan fingerprint density at radius 3 is 2.50 bits per heavy atom. The highest BCUT2D eigenvalue weighted by Crippen LogP contribution is 2.10. The maximum Gasteiger partial charge on any atom is 0.220 e. The van der Waals surface area contributed by atoms with Crippen molar-refractivity contribution in [3.8, 4) is 0 Å². The van der Waals surface area contributed by atoms with E-state index >= 15 is 0 Å². The first kappa shape index (κ1) is 15.4. The Kier molecular flexibility index (Phi) is 9.24. The molecule has 0 aromatic heterocycles. The van der Waals surface area contributed by atoms with Crippen LogP contribution in [0.3, 0.4) is 0 Å². The van der Waals surface area contributed by atoms with Crippen molar-refractivity contribution in [1.82, 2.24) is 5.32 Å². The van der Waals surface area contributed by atoms with Gasteiger partial charge in [-0.2, -0.15) is 0 Å². The minimum absolute atomic E-state index is 0.0680. The van der Waals surface area contributed by atoms with Gasteiger partial charge < -0.3 is 15.8 Å². The molecule has 1 amide bonds. The Bertz CT molecular complexity index is 182. The lowest BCUT2D eigenvalue weighted by Gasteiger charge is -2.21. The van der Waals surface area contributed by atoms with Gasteiger partial charge in [-0.05, 0) is 12.3 Å². The zero-order valence-corrected chi connectivity index (χ0v) is 10.8. The second-order valence-electron chi connectivity index (χ2n) is 4.14. The number of rotatable bonds is 9. The van der Waals surface area contributed by atoms with Gasteiger partial charge in [0.2, 0.25) is 5.91 Å². The number of amides is 1. The molecular weight excluding hydrogens is 204 g/mol. The average Bonchev–Trinajstić information content (AvgIpc) is 2.28. The number of ether oxygens (including phenoxy) is 1. The summed E-state index contributed by atoms with van der Waals surface area (Å²) < 4.78 is 4.89. The van der Waals surface area contributed by atoms with Crippen molar-refractivity contribution in [1.29, 1.82) is 0 Å². The van der Waals surface area contributed by atoms with Crippen molar-refractivity contribution in [2.24, 2.45) is 11.7 Å². The summed E-state index contributed by atoms with van der Waals surface area (Å²) in [5.74, 6) is 0.567. The molecule has 16 heavy (non-hydrogen) atoms. The zero-order chi connectivity index (χ0) is 12.4. The molecule has 4 heteroatoms. The fourth-order valence-electron chi connectivity index (χ4n) is 1.76. The van der Waals surface area contributed by atoms with Crippen LogP contribution in [0.25, 0.3) is 0 Å². The summed E-state index contributed by atoms with van der Waals surface area (Å²) in [5, 5.41) is 2.87. The van der Waals surface area contributed by atoms with Gasteiger partial charge in [0.05, 0.1) is 0 Å². The van der Waals surface area contributed by atoms with Crippen LogP contribution in [0.5, 0.6) is 0 Å². The SMILES string of the molecule is CCC(CC)C(N)CNC(=O)CCCOC. The van der Waals surface area contributed by atoms with Crippen LogP contribution in [0.1, 0.15) is 39.5 Å². The maximum absolute atomic E-state index is 11.4. The van der Waals surface area contributed by atoms with Gasteiger partial charge in [0.1, 0.15) is 0 Å². The molecule has 0 fully saturated rings. The van der Waals surface area contributed by atoms with Gasteiger partial charge >= 0.3 is 0 Å². The Hall–Kier alpha value is -0.610. The molecule has 1 unspecified atom stereocenters. The number of hydrogen-bond acceptors (Lipinski definition) is 3. The Morgan fingerprint density at radius 1 is 1.38 bits per heavy atom. The van der Waals surface area contributed by atoms with E-state index in [1.54, 1.807) is 7.11 Å². The van der Waals surface area contributed by atoms with E-state index in [2.05, 4.69) is 19.2 Å². The van der Waals surface area contributed by atoms with Crippen LogP contribution in [0.2, 0.25) is 0 Å². The average molecular weight is 230 g/mol. The Balaban J connectivity index is 3.65. The van der Waals surface area contributed by atoms with Crippen LogP contribution in [-0.2, 0) is 9.53 Å². The molecule has 0 heterocycles. The number of nitrogens with one attached hydrogen (secondary N) is 1. The predicted octanol–water partition coefficient (Wildman–Crippen LogP) is 1.29. The summed E-state index contributed by atoms with van der Waals surface area (Å²) in [6, 6.07) is 0.0707. The fourth-order valence-corrected chi connectivity index (χ4v) is 1.76. The van der Waals surface area contributed by atoms with Crippen LogP contribution in [-0.4, -0.2) is 32.2 Å². The van der Waals surface area contributed by atoms with E-state index < -0.39 is 0 Å². The number of carbonyl (C=O) groups is 1. The van der Waals surface area contributed by atoms with Crippen molar-refractivity contribution in [2.45, 2.75) is 45.6 Å². The molecule has 0 aliphatic carbocycles. The van der Waals surface area contributed by atoms with Crippen molar-refractivity contribution < 1.29 is 9.53 Å². The van der Waals surface area contributed by atoms with E-state index in [9.17, 15) is 4.79 Å². The maximum atomic E-state index is 11.4. The van der Waals surface area contributed by atoms with Crippen LogP contribution in [0.4, 0.5) is 0 Å². The smallest absolute Gasteiger partial charge is 0.220 e. The van der Waals surface area contributed by atoms with E-state index in [0.29, 0.717) is 25.5 Å². The molecule has 4 nitrogen and oxygen atoms in total. The van der Waals surface area contributed by atoms with Crippen molar-refractivity contribution in [3.05, 3.63) is 0 Å². The van der Waals surface area contributed by atoms with Crippen molar-refractivity contribution in [3.63, 3.8) is 0 Å². The second kappa shape index (κ2) is 9.60. The lowest BCUT2D eigenvalue weighted by Crippen LogP contribution is -2.41. The molecule has 0 aromatic carbocycles. The van der Waals surface area contributed by atoms with E-state index in [4.69, 9.17) is 10.5 Å². The molecule has 0 rings (SSSR count). The molecule has 0 saturated carbocycles. The van der Waals surface area contributed by atoms with Gasteiger partial charge in [0, 0.05) is 32.7 Å². The Morgan fingerprint density at radius 2 is 2.00 bits per heavy atom. The van der Waals surface area contributed by atoms with Gasteiger partial charge in [-0.15, -0.1) is 0 Å². The lowest BCUT2D eigenvalue weighted by atomic mass is 9.95. The minimum atomic E-state index is 0.0680. The molecule has 0 radical (unpaired) electrons. The molecule has 1 atom stereocenters. The van der Waals surface area contributed by atoms with E-state index in [0.717, 1.165) is 19.3 Å². The minimum Gasteiger partial charge on any atom is -0.385 e. The lowest BCUT2D eigenvalue weighted by molar-refractivity contribution is -0.121. The number of hydrogen-bond donors (Lipinski definition) is 2. The van der Waals surface area contributed by atoms with Gasteiger partial charge in [-0.25, -0.2) is 0 Å². The molecule has 96 valence electrons. The highest BCUT2D eigenvalue weighted by molar-refractivity contribution is 5.75. The Labute approximate surface area is 98.9 Å². The fraction of sp³-hybridized carbons (Fsp3) is 0.917. The van der Waals surface area contributed by atoms with Gasteiger partial charge in [-0.1, -0.05) is 26.7 Å². The standard InChI is InChI=1S/C12H26N2O2/c1-4-10(5-2)11(13)9-14-12(15)7-6-8-16-3/h10-11H,4-9,13H2,1-3H3,(H,14,15). The third kappa shape index (κ3) is 6.80. The normalized spacial score (nSPS) is 12.8. The first-order chi connectivity index (χ1) is 7.65. The molecular formula is C12H26N2O2. The molecule has 0 saturated heterocycles. The molecule has 0 bridgehead atoms. The summed E-state index contributed by atoms with van der Waals surface area (Å²) in [5.41, 5.74) is 6.00. The third-order valence-electron chi connectivity index (χ3n) is 2.94. The summed E-state index contributed by atoms with van der Waals surface area (Å²) in [6.45, 7) is 5.48. The largest absolute Gasteiger partial charge is 0.385 e. The monoisotopic (exact) mass is 230 g/mol. The zero-order valence-electron chi connectivity index (χ0n) is 10.8. The van der Waals surface area contributed by atoms with Crippen molar-refractivity contribution in [2.75, 3.05) is 20.3 Å². The van der Waals surface area contributed by atoms with E-state index in [1.165, 1.54) is 0 Å². The number of methoxy groups -OCH3 is 1. The van der Waals surface area contributed by atoms with E-state index in [1.807, 2.05) is 0 Å². The number of carbonyl (C=O) groups excluding carboxylic acids is 1. The van der Waals surface area contributed by atoms with E-state index in [-0.39, 0.29) is 11.9 Å². The third-order valence-corrected chi connectivity index (χ3v) is 2.94. The highest BCUT2D eigenvalue weighted by atomic mass is 16.5. The van der Waals surface area contributed by atoms with Crippen LogP contribution >= 0.6 is 0 Å². The van der Waals surface area contributed by atoms with Crippen molar-refractivity contribution >= 4 is 5.91 Å². The molecule has 0 spiro atoms.